The molecule has 114 valence electrons. The molecule has 21 heavy (non-hydrogen) atoms. The largest absolute Gasteiger partial charge is 0.477 e. The number of carboxylic acid groups (broad SMARTS) is 1. The van der Waals surface area contributed by atoms with E-state index in [4.69, 9.17) is 4.74 Å². The molecule has 0 aliphatic heterocycles. The van der Waals surface area contributed by atoms with Gasteiger partial charge in [-0.25, -0.2) is 14.8 Å². The summed E-state index contributed by atoms with van der Waals surface area (Å²) in [7, 11) is 3.97. The molecule has 0 aliphatic rings. The van der Waals surface area contributed by atoms with Crippen molar-refractivity contribution >= 4 is 27.5 Å². The van der Waals surface area contributed by atoms with E-state index in [1.807, 2.05) is 14.1 Å². The van der Waals surface area contributed by atoms with Crippen LogP contribution in [0.25, 0.3) is 10.2 Å². The smallest absolute Gasteiger partial charge is 0.346 e. The lowest BCUT2D eigenvalue weighted by Gasteiger charge is -2.31. The molecule has 2 aromatic heterocycles. The van der Waals surface area contributed by atoms with Crippen LogP contribution >= 0.6 is 11.3 Å². The zero-order valence-electron chi connectivity index (χ0n) is 12.8. The molecule has 0 saturated heterocycles. The molecule has 0 spiro atoms. The Morgan fingerprint density at radius 1 is 1.43 bits per heavy atom. The highest BCUT2D eigenvalue weighted by Crippen LogP contribution is 2.34. The monoisotopic (exact) mass is 309 g/mol. The number of rotatable bonds is 5. The molecule has 0 amide bonds. The highest BCUT2D eigenvalue weighted by molar-refractivity contribution is 7.20. The summed E-state index contributed by atoms with van der Waals surface area (Å²) in [5.41, 5.74) is 0.498. The molecule has 0 fully saturated rings. The van der Waals surface area contributed by atoms with E-state index < -0.39 is 5.97 Å². The number of hydrogen-bond donors (Lipinski definition) is 1. The molecular formula is C14H19N3O3S. The van der Waals surface area contributed by atoms with Crippen molar-refractivity contribution in [2.24, 2.45) is 0 Å². The number of ether oxygens (including phenoxy) is 1. The van der Waals surface area contributed by atoms with E-state index in [1.54, 1.807) is 6.92 Å². The fourth-order valence-corrected chi connectivity index (χ4v) is 2.70. The highest BCUT2D eigenvalue weighted by Gasteiger charge is 2.24. The van der Waals surface area contributed by atoms with Crippen molar-refractivity contribution in [2.75, 3.05) is 20.7 Å². The van der Waals surface area contributed by atoms with Gasteiger partial charge in [0.15, 0.2) is 0 Å². The van der Waals surface area contributed by atoms with Gasteiger partial charge in [-0.15, -0.1) is 11.3 Å². The first kappa shape index (κ1) is 15.7. The molecule has 0 unspecified atom stereocenters. The zero-order chi connectivity index (χ0) is 15.8. The lowest BCUT2D eigenvalue weighted by Crippen LogP contribution is -2.43. The van der Waals surface area contributed by atoms with Gasteiger partial charge in [0, 0.05) is 5.54 Å². The third-order valence-corrected chi connectivity index (χ3v) is 4.85. The van der Waals surface area contributed by atoms with Crippen LogP contribution in [0, 0.1) is 6.92 Å². The van der Waals surface area contributed by atoms with Crippen LogP contribution in [0.2, 0.25) is 0 Å². The molecule has 2 rings (SSSR count). The number of likely N-dealkylation sites (N-methyl/N-ethyl adjacent to an activating group) is 1. The first-order valence-corrected chi connectivity index (χ1v) is 7.33. The summed E-state index contributed by atoms with van der Waals surface area (Å²) in [4.78, 5) is 22.5. The number of hydrogen-bond acceptors (Lipinski definition) is 6. The standard InChI is InChI=1S/C14H19N3O3S/c1-8-9-11(20-6-14(2,3)17(4)5)15-7-16-12(9)21-10(8)13(18)19/h7H,6H2,1-5H3,(H,18,19). The van der Waals surface area contributed by atoms with Crippen LogP contribution < -0.4 is 4.74 Å². The van der Waals surface area contributed by atoms with Crippen molar-refractivity contribution in [3.05, 3.63) is 16.8 Å². The van der Waals surface area contributed by atoms with E-state index in [0.717, 1.165) is 11.3 Å². The second-order valence-electron chi connectivity index (χ2n) is 5.72. The minimum absolute atomic E-state index is 0.156. The molecule has 0 atom stereocenters. The minimum Gasteiger partial charge on any atom is -0.477 e. The fraction of sp³-hybridized carbons (Fsp3) is 0.500. The average molecular weight is 309 g/mol. The Bertz CT molecular complexity index is 679. The number of thiophene rings is 1. The Kier molecular flexibility index (Phi) is 4.15. The summed E-state index contributed by atoms with van der Waals surface area (Å²) in [5.74, 6) is -0.508. The maximum atomic E-state index is 11.2. The van der Waals surface area contributed by atoms with Gasteiger partial charge in [-0.2, -0.15) is 0 Å². The normalized spacial score (nSPS) is 12.1. The Hall–Kier alpha value is -1.73. The van der Waals surface area contributed by atoms with Gasteiger partial charge in [0.1, 0.15) is 22.6 Å². The van der Waals surface area contributed by atoms with E-state index in [-0.39, 0.29) is 10.4 Å². The van der Waals surface area contributed by atoms with Crippen molar-refractivity contribution in [1.29, 1.82) is 0 Å². The number of fused-ring (bicyclic) bond motifs is 1. The predicted molar refractivity (Wildman–Crippen MR) is 82.4 cm³/mol. The topological polar surface area (TPSA) is 75.5 Å². The molecular weight excluding hydrogens is 290 g/mol. The molecule has 0 aliphatic carbocycles. The molecule has 0 bridgehead atoms. The van der Waals surface area contributed by atoms with Crippen molar-refractivity contribution in [3.8, 4) is 5.88 Å². The van der Waals surface area contributed by atoms with Crippen LogP contribution in [0.4, 0.5) is 0 Å². The number of carboxylic acids is 1. The average Bonchev–Trinajstić information content (AvgIpc) is 2.74. The summed E-state index contributed by atoms with van der Waals surface area (Å²) in [6.07, 6.45) is 1.40. The van der Waals surface area contributed by atoms with Gasteiger partial charge in [-0.3, -0.25) is 0 Å². The van der Waals surface area contributed by atoms with Gasteiger partial charge in [-0.1, -0.05) is 0 Å². The Morgan fingerprint density at radius 3 is 2.67 bits per heavy atom. The van der Waals surface area contributed by atoms with E-state index in [9.17, 15) is 9.90 Å². The fourth-order valence-electron chi connectivity index (χ4n) is 1.73. The van der Waals surface area contributed by atoms with Crippen molar-refractivity contribution < 1.29 is 14.6 Å². The molecule has 2 aromatic rings. The van der Waals surface area contributed by atoms with E-state index in [1.165, 1.54) is 6.33 Å². The summed E-state index contributed by atoms with van der Waals surface area (Å²) >= 11 is 1.14. The van der Waals surface area contributed by atoms with Crippen LogP contribution in [0.5, 0.6) is 5.88 Å². The van der Waals surface area contributed by atoms with Crippen molar-refractivity contribution in [2.45, 2.75) is 26.3 Å². The SMILES string of the molecule is Cc1c(C(=O)O)sc2ncnc(OCC(C)(C)N(C)C)c12. The van der Waals surface area contributed by atoms with Gasteiger partial charge in [0.05, 0.1) is 5.39 Å². The Morgan fingerprint density at radius 2 is 2.10 bits per heavy atom. The van der Waals surface area contributed by atoms with Crippen molar-refractivity contribution in [3.63, 3.8) is 0 Å². The minimum atomic E-state index is -0.949. The summed E-state index contributed by atoms with van der Waals surface area (Å²) < 4.78 is 5.84. The third kappa shape index (κ3) is 2.98. The molecule has 0 aromatic carbocycles. The van der Waals surface area contributed by atoms with Gasteiger partial charge >= 0.3 is 5.97 Å². The van der Waals surface area contributed by atoms with Crippen LogP contribution in [-0.4, -0.2) is 52.2 Å². The lowest BCUT2D eigenvalue weighted by atomic mass is 10.1. The number of nitrogens with zero attached hydrogens (tertiary/aromatic N) is 3. The molecule has 2 heterocycles. The molecule has 0 saturated carbocycles. The lowest BCUT2D eigenvalue weighted by molar-refractivity contribution is 0.0701. The molecule has 0 radical (unpaired) electrons. The predicted octanol–water partition coefficient (Wildman–Crippen LogP) is 2.42. The second kappa shape index (κ2) is 5.57. The first-order chi connectivity index (χ1) is 9.74. The van der Waals surface area contributed by atoms with Gasteiger partial charge in [0.25, 0.3) is 0 Å². The summed E-state index contributed by atoms with van der Waals surface area (Å²) in [6.45, 7) is 6.34. The van der Waals surface area contributed by atoms with E-state index in [2.05, 4.69) is 28.7 Å². The number of aryl methyl sites for hydroxylation is 1. The number of carbonyl (C=O) groups is 1. The summed E-state index contributed by atoms with van der Waals surface area (Å²) in [6, 6.07) is 0. The van der Waals surface area contributed by atoms with Gasteiger partial charge < -0.3 is 14.7 Å². The molecule has 6 nitrogen and oxygen atoms in total. The van der Waals surface area contributed by atoms with Crippen LogP contribution in [0.1, 0.15) is 29.1 Å². The van der Waals surface area contributed by atoms with Crippen LogP contribution in [0.15, 0.2) is 6.33 Å². The van der Waals surface area contributed by atoms with Crippen LogP contribution in [-0.2, 0) is 0 Å². The number of aromatic nitrogens is 2. The Balaban J connectivity index is 2.39. The van der Waals surface area contributed by atoms with Crippen LogP contribution in [0.3, 0.4) is 0 Å². The maximum Gasteiger partial charge on any atom is 0.346 e. The Labute approximate surface area is 127 Å². The maximum absolute atomic E-state index is 11.2. The quantitative estimate of drug-likeness (QED) is 0.914. The van der Waals surface area contributed by atoms with Crippen molar-refractivity contribution in [1.82, 2.24) is 14.9 Å². The first-order valence-electron chi connectivity index (χ1n) is 6.51. The van der Waals surface area contributed by atoms with E-state index >= 15 is 0 Å². The summed E-state index contributed by atoms with van der Waals surface area (Å²) in [5, 5.41) is 9.89. The zero-order valence-corrected chi connectivity index (χ0v) is 13.6. The third-order valence-electron chi connectivity index (χ3n) is 3.66. The molecule has 1 N–H and O–H groups in total. The second-order valence-corrected chi connectivity index (χ2v) is 6.71. The van der Waals surface area contributed by atoms with E-state index in [0.29, 0.717) is 28.3 Å². The molecule has 7 heteroatoms. The van der Waals surface area contributed by atoms with Gasteiger partial charge in [0.2, 0.25) is 5.88 Å². The van der Waals surface area contributed by atoms with Gasteiger partial charge in [-0.05, 0) is 40.4 Å². The highest BCUT2D eigenvalue weighted by atomic mass is 32.1. The number of aromatic carboxylic acids is 1.